The lowest BCUT2D eigenvalue weighted by Crippen LogP contribution is -1.99. The van der Waals surface area contributed by atoms with Crippen molar-refractivity contribution in [3.63, 3.8) is 0 Å². The highest BCUT2D eigenvalue weighted by molar-refractivity contribution is 7.89. The standard InChI is InChI=1S/C9H9NO3S/c1-14(12,13)6-8-2-4-9(5-3-8)10-7-11/h2-5H,6H2,1H3. The molecule has 14 heavy (non-hydrogen) atoms. The molecule has 1 aromatic carbocycles. The van der Waals surface area contributed by atoms with Crippen molar-refractivity contribution in [1.82, 2.24) is 0 Å². The molecule has 0 bridgehead atoms. The molecule has 0 fully saturated rings. The number of benzene rings is 1. The smallest absolute Gasteiger partial charge is 0.229 e. The summed E-state index contributed by atoms with van der Waals surface area (Å²) in [5.74, 6) is -0.00190. The van der Waals surface area contributed by atoms with Gasteiger partial charge in [0.25, 0.3) is 0 Å². The van der Waals surface area contributed by atoms with E-state index in [0.717, 1.165) is 0 Å². The Bertz CT molecular complexity index is 455. The van der Waals surface area contributed by atoms with Crippen LogP contribution in [0.1, 0.15) is 5.56 Å². The molecule has 0 aromatic heterocycles. The summed E-state index contributed by atoms with van der Waals surface area (Å²) < 4.78 is 21.9. The van der Waals surface area contributed by atoms with E-state index >= 15 is 0 Å². The lowest BCUT2D eigenvalue weighted by Gasteiger charge is -1.98. The summed E-state index contributed by atoms with van der Waals surface area (Å²) in [6.45, 7) is 0. The van der Waals surface area contributed by atoms with E-state index in [1.807, 2.05) is 0 Å². The van der Waals surface area contributed by atoms with E-state index in [1.54, 1.807) is 24.3 Å². The van der Waals surface area contributed by atoms with Gasteiger partial charge in [0, 0.05) is 6.26 Å². The van der Waals surface area contributed by atoms with Crippen LogP contribution >= 0.6 is 0 Å². The number of hydrogen-bond acceptors (Lipinski definition) is 4. The van der Waals surface area contributed by atoms with Crippen LogP contribution in [-0.4, -0.2) is 20.8 Å². The van der Waals surface area contributed by atoms with E-state index in [1.165, 1.54) is 12.3 Å². The minimum atomic E-state index is -3.01. The van der Waals surface area contributed by atoms with Crippen LogP contribution in [0, 0.1) is 0 Å². The maximum absolute atomic E-state index is 10.9. The summed E-state index contributed by atoms with van der Waals surface area (Å²) >= 11 is 0. The molecule has 0 aliphatic carbocycles. The monoisotopic (exact) mass is 211 g/mol. The molecule has 0 N–H and O–H groups in total. The van der Waals surface area contributed by atoms with Gasteiger partial charge in [0.2, 0.25) is 6.08 Å². The van der Waals surface area contributed by atoms with Gasteiger partial charge < -0.3 is 0 Å². The summed E-state index contributed by atoms with van der Waals surface area (Å²) in [6, 6.07) is 6.39. The molecule has 74 valence electrons. The van der Waals surface area contributed by atoms with Crippen LogP contribution in [0.5, 0.6) is 0 Å². The number of nitrogens with zero attached hydrogens (tertiary/aromatic N) is 1. The first-order valence-corrected chi connectivity index (χ1v) is 5.92. The molecule has 0 aliphatic rings. The fourth-order valence-electron chi connectivity index (χ4n) is 1.02. The van der Waals surface area contributed by atoms with Gasteiger partial charge >= 0.3 is 0 Å². The topological polar surface area (TPSA) is 63.6 Å². The molecular formula is C9H9NO3S. The Morgan fingerprint density at radius 2 is 1.86 bits per heavy atom. The second-order valence-electron chi connectivity index (χ2n) is 2.94. The highest BCUT2D eigenvalue weighted by atomic mass is 32.2. The van der Waals surface area contributed by atoms with E-state index in [-0.39, 0.29) is 5.75 Å². The molecule has 1 aromatic rings. The Hall–Kier alpha value is -1.45. The molecule has 0 unspecified atom stereocenters. The van der Waals surface area contributed by atoms with Gasteiger partial charge in [-0.15, -0.1) is 0 Å². The SMILES string of the molecule is CS(=O)(=O)Cc1ccc(N=C=O)cc1. The van der Waals surface area contributed by atoms with Crippen molar-refractivity contribution >= 4 is 21.6 Å². The predicted octanol–water partition coefficient (Wildman–Crippen LogP) is 1.20. The van der Waals surface area contributed by atoms with E-state index in [0.29, 0.717) is 11.3 Å². The molecule has 0 saturated carbocycles. The van der Waals surface area contributed by atoms with Crippen molar-refractivity contribution in [1.29, 1.82) is 0 Å². The van der Waals surface area contributed by atoms with Crippen LogP contribution in [0.3, 0.4) is 0 Å². The third-order valence-electron chi connectivity index (χ3n) is 1.54. The summed E-state index contributed by atoms with van der Waals surface area (Å²) in [6.07, 6.45) is 2.58. The minimum Gasteiger partial charge on any atom is -0.229 e. The number of isocyanates is 1. The Kier molecular flexibility index (Phi) is 3.17. The average Bonchev–Trinajstić information content (AvgIpc) is 2.06. The molecule has 0 saturated heterocycles. The van der Waals surface area contributed by atoms with Crippen LogP contribution in [0.4, 0.5) is 5.69 Å². The third-order valence-corrected chi connectivity index (χ3v) is 2.40. The maximum Gasteiger partial charge on any atom is 0.240 e. The third kappa shape index (κ3) is 3.51. The Labute approximate surface area is 82.2 Å². The van der Waals surface area contributed by atoms with E-state index < -0.39 is 9.84 Å². The van der Waals surface area contributed by atoms with Crippen LogP contribution in [0.2, 0.25) is 0 Å². The molecule has 0 aliphatic heterocycles. The lowest BCUT2D eigenvalue weighted by molar-refractivity contribution is 0.565. The molecule has 0 atom stereocenters. The first-order valence-electron chi connectivity index (χ1n) is 3.86. The second kappa shape index (κ2) is 4.17. The van der Waals surface area contributed by atoms with Crippen molar-refractivity contribution in [2.75, 3.05) is 6.26 Å². The van der Waals surface area contributed by atoms with Crippen LogP contribution in [0.25, 0.3) is 0 Å². The Morgan fingerprint density at radius 1 is 1.29 bits per heavy atom. The van der Waals surface area contributed by atoms with Gasteiger partial charge in [-0.05, 0) is 17.7 Å². The molecule has 4 nitrogen and oxygen atoms in total. The van der Waals surface area contributed by atoms with Gasteiger partial charge in [-0.1, -0.05) is 12.1 Å². The number of carbonyl (C=O) groups excluding carboxylic acids is 1. The lowest BCUT2D eigenvalue weighted by atomic mass is 10.2. The van der Waals surface area contributed by atoms with Gasteiger partial charge in [-0.3, -0.25) is 0 Å². The molecule has 0 amide bonds. The zero-order chi connectivity index (χ0) is 10.6. The predicted molar refractivity (Wildman–Crippen MR) is 52.8 cm³/mol. The quantitative estimate of drug-likeness (QED) is 0.557. The van der Waals surface area contributed by atoms with Crippen LogP contribution < -0.4 is 0 Å². The molecule has 5 heteroatoms. The Balaban J connectivity index is 2.89. The first kappa shape index (κ1) is 10.6. The first-order chi connectivity index (χ1) is 6.51. The van der Waals surface area contributed by atoms with Gasteiger partial charge in [0.1, 0.15) is 0 Å². The second-order valence-corrected chi connectivity index (χ2v) is 5.08. The number of aliphatic imine (C=N–C) groups is 1. The van der Waals surface area contributed by atoms with Crippen LogP contribution in [0.15, 0.2) is 29.3 Å². The van der Waals surface area contributed by atoms with Crippen molar-refractivity contribution in [2.24, 2.45) is 4.99 Å². The van der Waals surface area contributed by atoms with E-state index in [2.05, 4.69) is 4.99 Å². The molecule has 1 rings (SSSR count). The van der Waals surface area contributed by atoms with Crippen LogP contribution in [-0.2, 0) is 20.4 Å². The van der Waals surface area contributed by atoms with Gasteiger partial charge in [-0.2, -0.15) is 4.99 Å². The van der Waals surface area contributed by atoms with Crippen molar-refractivity contribution in [3.8, 4) is 0 Å². The fraction of sp³-hybridized carbons (Fsp3) is 0.222. The highest BCUT2D eigenvalue weighted by Crippen LogP contribution is 2.13. The van der Waals surface area contributed by atoms with Crippen molar-refractivity contribution in [3.05, 3.63) is 29.8 Å². The van der Waals surface area contributed by atoms with Gasteiger partial charge in [-0.25, -0.2) is 13.2 Å². The fourth-order valence-corrected chi connectivity index (χ4v) is 1.82. The van der Waals surface area contributed by atoms with E-state index in [4.69, 9.17) is 0 Å². The molecule has 0 radical (unpaired) electrons. The highest BCUT2D eigenvalue weighted by Gasteiger charge is 2.03. The molecule has 0 heterocycles. The zero-order valence-corrected chi connectivity index (χ0v) is 8.41. The number of rotatable bonds is 3. The minimum absolute atomic E-state index is 0.00190. The average molecular weight is 211 g/mol. The normalized spacial score (nSPS) is 10.6. The zero-order valence-electron chi connectivity index (χ0n) is 7.60. The summed E-state index contributed by atoms with van der Waals surface area (Å²) in [4.78, 5) is 13.3. The van der Waals surface area contributed by atoms with Gasteiger partial charge in [0.05, 0.1) is 11.4 Å². The molecular weight excluding hydrogens is 202 g/mol. The maximum atomic E-state index is 10.9. The van der Waals surface area contributed by atoms with Crippen molar-refractivity contribution < 1.29 is 13.2 Å². The van der Waals surface area contributed by atoms with Crippen molar-refractivity contribution in [2.45, 2.75) is 5.75 Å². The number of sulfone groups is 1. The largest absolute Gasteiger partial charge is 0.240 e. The van der Waals surface area contributed by atoms with Gasteiger partial charge in [0.15, 0.2) is 9.84 Å². The Morgan fingerprint density at radius 3 is 2.29 bits per heavy atom. The van der Waals surface area contributed by atoms with E-state index in [9.17, 15) is 13.2 Å². The summed E-state index contributed by atoms with van der Waals surface area (Å²) in [7, 11) is -3.01. The molecule has 0 spiro atoms. The summed E-state index contributed by atoms with van der Waals surface area (Å²) in [5.41, 5.74) is 1.15. The number of hydrogen-bond donors (Lipinski definition) is 0. The summed E-state index contributed by atoms with van der Waals surface area (Å²) in [5, 5.41) is 0.